The molecule has 134 valence electrons. The summed E-state index contributed by atoms with van der Waals surface area (Å²) in [5, 5.41) is 5.31. The Morgan fingerprint density at radius 2 is 1.62 bits per heavy atom. The lowest BCUT2D eigenvalue weighted by Crippen LogP contribution is -2.19. The predicted molar refractivity (Wildman–Crippen MR) is 104 cm³/mol. The van der Waals surface area contributed by atoms with E-state index in [2.05, 4.69) is 17.4 Å². The van der Waals surface area contributed by atoms with Gasteiger partial charge in [-0.25, -0.2) is 9.59 Å². The molecule has 2 aromatic carbocycles. The molecule has 0 unspecified atom stereocenters. The van der Waals surface area contributed by atoms with E-state index in [1.54, 1.807) is 25.2 Å². The molecule has 0 aliphatic rings. The standard InChI is InChI=1S/C20H19NO4S/c1-3-24-19(22)16(20(23)25-4-2)12-21-13-9-10-18-15(11-13)14-7-5-6-8-17(14)26-18/h5-12,21H,3-4H2,1-2H3. The fourth-order valence-electron chi connectivity index (χ4n) is 2.59. The largest absolute Gasteiger partial charge is 0.462 e. The summed E-state index contributed by atoms with van der Waals surface area (Å²) in [6.45, 7) is 3.73. The minimum absolute atomic E-state index is 0.163. The maximum Gasteiger partial charge on any atom is 0.347 e. The quantitative estimate of drug-likeness (QED) is 0.300. The van der Waals surface area contributed by atoms with Crippen molar-refractivity contribution in [2.45, 2.75) is 13.8 Å². The number of benzene rings is 2. The molecule has 3 rings (SSSR count). The lowest BCUT2D eigenvalue weighted by molar-refractivity contribution is -0.146. The third-order valence-corrected chi connectivity index (χ3v) is 4.90. The van der Waals surface area contributed by atoms with Crippen molar-refractivity contribution in [3.05, 3.63) is 54.2 Å². The molecule has 1 aromatic heterocycles. The van der Waals surface area contributed by atoms with E-state index in [1.165, 1.54) is 21.0 Å². The van der Waals surface area contributed by atoms with Gasteiger partial charge >= 0.3 is 11.9 Å². The van der Waals surface area contributed by atoms with Gasteiger partial charge < -0.3 is 14.8 Å². The summed E-state index contributed by atoms with van der Waals surface area (Å²) in [5.74, 6) is -1.42. The Bertz CT molecular complexity index is 970. The Balaban J connectivity index is 1.92. The summed E-state index contributed by atoms with van der Waals surface area (Å²) in [6.07, 6.45) is 1.34. The van der Waals surface area contributed by atoms with E-state index in [4.69, 9.17) is 9.47 Å². The number of hydrogen-bond acceptors (Lipinski definition) is 6. The molecule has 0 bridgehead atoms. The van der Waals surface area contributed by atoms with Crippen molar-refractivity contribution in [2.24, 2.45) is 0 Å². The van der Waals surface area contributed by atoms with Gasteiger partial charge in [-0.05, 0) is 38.1 Å². The molecule has 0 amide bonds. The van der Waals surface area contributed by atoms with Crippen molar-refractivity contribution in [3.8, 4) is 0 Å². The molecule has 1 N–H and O–H groups in total. The summed E-state index contributed by atoms with van der Waals surface area (Å²) in [5.41, 5.74) is 0.608. The number of carbonyl (C=O) groups excluding carboxylic acids is 2. The minimum atomic E-state index is -0.708. The highest BCUT2D eigenvalue weighted by Gasteiger charge is 2.20. The van der Waals surface area contributed by atoms with Crippen LogP contribution in [-0.4, -0.2) is 25.2 Å². The van der Waals surface area contributed by atoms with Crippen LogP contribution < -0.4 is 5.32 Å². The van der Waals surface area contributed by atoms with Gasteiger partial charge in [-0.15, -0.1) is 11.3 Å². The molecule has 0 atom stereocenters. The molecule has 0 radical (unpaired) electrons. The van der Waals surface area contributed by atoms with E-state index in [1.807, 2.05) is 30.3 Å². The van der Waals surface area contributed by atoms with Gasteiger partial charge in [0, 0.05) is 32.1 Å². The second kappa shape index (κ2) is 8.01. The highest BCUT2D eigenvalue weighted by molar-refractivity contribution is 7.25. The minimum Gasteiger partial charge on any atom is -0.462 e. The van der Waals surface area contributed by atoms with E-state index >= 15 is 0 Å². The summed E-state index contributed by atoms with van der Waals surface area (Å²) < 4.78 is 12.3. The van der Waals surface area contributed by atoms with E-state index in [0.717, 1.165) is 11.1 Å². The van der Waals surface area contributed by atoms with Crippen LogP contribution in [0, 0.1) is 0 Å². The van der Waals surface area contributed by atoms with Crippen molar-refractivity contribution < 1.29 is 19.1 Å². The van der Waals surface area contributed by atoms with Crippen LogP contribution in [0.5, 0.6) is 0 Å². The number of esters is 2. The Labute approximate surface area is 155 Å². The average Bonchev–Trinajstić information content (AvgIpc) is 3.00. The number of nitrogens with one attached hydrogen (secondary N) is 1. The van der Waals surface area contributed by atoms with Crippen molar-refractivity contribution in [3.63, 3.8) is 0 Å². The molecule has 1 heterocycles. The van der Waals surface area contributed by atoms with Crippen LogP contribution in [0.15, 0.2) is 54.2 Å². The van der Waals surface area contributed by atoms with Crippen molar-refractivity contribution in [1.29, 1.82) is 0 Å². The number of anilines is 1. The topological polar surface area (TPSA) is 64.6 Å². The summed E-state index contributed by atoms with van der Waals surface area (Å²) in [7, 11) is 0. The van der Waals surface area contributed by atoms with Crippen LogP contribution >= 0.6 is 11.3 Å². The highest BCUT2D eigenvalue weighted by Crippen LogP contribution is 2.35. The number of rotatable bonds is 6. The number of fused-ring (bicyclic) bond motifs is 3. The molecule has 0 fully saturated rings. The molecule has 3 aromatic rings. The van der Waals surface area contributed by atoms with Gasteiger partial charge in [-0.3, -0.25) is 0 Å². The number of thiophene rings is 1. The third-order valence-electron chi connectivity index (χ3n) is 3.75. The monoisotopic (exact) mass is 369 g/mol. The van der Waals surface area contributed by atoms with Crippen molar-refractivity contribution in [2.75, 3.05) is 18.5 Å². The molecule has 0 spiro atoms. The highest BCUT2D eigenvalue weighted by atomic mass is 32.1. The first kappa shape index (κ1) is 17.9. The molecule has 0 aliphatic carbocycles. The molecule has 0 aliphatic heterocycles. The van der Waals surface area contributed by atoms with Gasteiger partial charge in [0.25, 0.3) is 0 Å². The van der Waals surface area contributed by atoms with Crippen LogP contribution in [-0.2, 0) is 19.1 Å². The van der Waals surface area contributed by atoms with Crippen LogP contribution in [0.1, 0.15) is 13.8 Å². The van der Waals surface area contributed by atoms with Crippen LogP contribution in [0.3, 0.4) is 0 Å². The Morgan fingerprint density at radius 1 is 0.962 bits per heavy atom. The summed E-state index contributed by atoms with van der Waals surface area (Å²) >= 11 is 1.73. The van der Waals surface area contributed by atoms with Gasteiger partial charge in [0.15, 0.2) is 5.57 Å². The predicted octanol–water partition coefficient (Wildman–Crippen LogP) is 4.48. The van der Waals surface area contributed by atoms with Gasteiger partial charge in [0.2, 0.25) is 0 Å². The first-order valence-electron chi connectivity index (χ1n) is 8.36. The second-order valence-electron chi connectivity index (χ2n) is 5.45. The number of hydrogen-bond donors (Lipinski definition) is 1. The van der Waals surface area contributed by atoms with Gasteiger partial charge in [0.1, 0.15) is 0 Å². The Morgan fingerprint density at radius 3 is 2.31 bits per heavy atom. The van der Waals surface area contributed by atoms with Crippen molar-refractivity contribution >= 4 is 49.1 Å². The molecule has 0 saturated carbocycles. The van der Waals surface area contributed by atoms with E-state index in [-0.39, 0.29) is 18.8 Å². The molecule has 6 heteroatoms. The van der Waals surface area contributed by atoms with Gasteiger partial charge in [-0.1, -0.05) is 18.2 Å². The number of carbonyl (C=O) groups is 2. The SMILES string of the molecule is CCOC(=O)C(=CNc1ccc2sc3ccccc3c2c1)C(=O)OCC. The fraction of sp³-hybridized carbons (Fsp3) is 0.200. The van der Waals surface area contributed by atoms with E-state index in [0.29, 0.717) is 0 Å². The lowest BCUT2D eigenvalue weighted by atomic mass is 10.1. The van der Waals surface area contributed by atoms with Crippen LogP contribution in [0.2, 0.25) is 0 Å². The van der Waals surface area contributed by atoms with Crippen LogP contribution in [0.4, 0.5) is 5.69 Å². The van der Waals surface area contributed by atoms with Gasteiger partial charge in [-0.2, -0.15) is 0 Å². The number of ether oxygens (including phenoxy) is 2. The molecular weight excluding hydrogens is 350 g/mol. The fourth-order valence-corrected chi connectivity index (χ4v) is 3.68. The maximum absolute atomic E-state index is 12.0. The molecule has 0 saturated heterocycles. The first-order chi connectivity index (χ1) is 12.6. The normalized spacial score (nSPS) is 10.5. The van der Waals surface area contributed by atoms with Crippen molar-refractivity contribution in [1.82, 2.24) is 0 Å². The summed E-state index contributed by atoms with van der Waals surface area (Å²) in [4.78, 5) is 24.0. The summed E-state index contributed by atoms with van der Waals surface area (Å²) in [6, 6.07) is 14.1. The van der Waals surface area contributed by atoms with E-state index in [9.17, 15) is 9.59 Å². The Hall–Kier alpha value is -2.86. The zero-order chi connectivity index (χ0) is 18.5. The smallest absolute Gasteiger partial charge is 0.347 e. The molecular formula is C20H19NO4S. The third kappa shape index (κ3) is 3.70. The average molecular weight is 369 g/mol. The molecule has 26 heavy (non-hydrogen) atoms. The zero-order valence-corrected chi connectivity index (χ0v) is 15.4. The first-order valence-corrected chi connectivity index (χ1v) is 9.18. The Kier molecular flexibility index (Phi) is 5.53. The van der Waals surface area contributed by atoms with Crippen LogP contribution in [0.25, 0.3) is 20.2 Å². The van der Waals surface area contributed by atoms with Gasteiger partial charge in [0.05, 0.1) is 13.2 Å². The maximum atomic E-state index is 12.0. The second-order valence-corrected chi connectivity index (χ2v) is 6.54. The zero-order valence-electron chi connectivity index (χ0n) is 14.6. The lowest BCUT2D eigenvalue weighted by Gasteiger charge is -2.08. The molecule has 5 nitrogen and oxygen atoms in total. The van der Waals surface area contributed by atoms with E-state index < -0.39 is 11.9 Å².